The van der Waals surface area contributed by atoms with E-state index in [1.54, 1.807) is 0 Å². The maximum absolute atomic E-state index is 13.4. The van der Waals surface area contributed by atoms with E-state index >= 15 is 0 Å². The summed E-state index contributed by atoms with van der Waals surface area (Å²) in [4.78, 5) is 18.1. The number of nitrogens with zero attached hydrogens (tertiary/aromatic N) is 2. The highest BCUT2D eigenvalue weighted by Crippen LogP contribution is 2.21. The standard InChI is InChI=1S/C11H7F2N3O2/c12-6-1-2-8(13)9(3-6)16-10-7(11(17)18)4-14-5-15-10/h1-5H,(H,17,18)(H,14,15,16). The molecule has 18 heavy (non-hydrogen) atoms. The monoisotopic (exact) mass is 251 g/mol. The predicted molar refractivity (Wildman–Crippen MR) is 58.6 cm³/mol. The third kappa shape index (κ3) is 2.40. The number of hydrogen-bond donors (Lipinski definition) is 2. The summed E-state index contributed by atoms with van der Waals surface area (Å²) in [6.07, 6.45) is 2.17. The molecule has 2 rings (SSSR count). The summed E-state index contributed by atoms with van der Waals surface area (Å²) in [6, 6.07) is 2.79. The molecule has 1 aromatic heterocycles. The first kappa shape index (κ1) is 11.9. The van der Waals surface area contributed by atoms with Crippen molar-refractivity contribution in [2.75, 3.05) is 5.32 Å². The molecule has 0 aliphatic rings. The average molecular weight is 251 g/mol. The van der Waals surface area contributed by atoms with Crippen LogP contribution < -0.4 is 5.32 Å². The van der Waals surface area contributed by atoms with E-state index in [1.807, 2.05) is 0 Å². The van der Waals surface area contributed by atoms with Gasteiger partial charge in [0, 0.05) is 12.3 Å². The number of hydrogen-bond acceptors (Lipinski definition) is 4. The number of carbonyl (C=O) groups is 1. The summed E-state index contributed by atoms with van der Waals surface area (Å²) in [5.74, 6) is -2.74. The van der Waals surface area contributed by atoms with Crippen molar-refractivity contribution < 1.29 is 18.7 Å². The Bertz CT molecular complexity index is 605. The molecular formula is C11H7F2N3O2. The van der Waals surface area contributed by atoms with Crippen LogP contribution in [0.15, 0.2) is 30.7 Å². The first-order valence-electron chi connectivity index (χ1n) is 4.83. The molecule has 2 aromatic rings. The Kier molecular flexibility index (Phi) is 3.13. The van der Waals surface area contributed by atoms with E-state index in [0.717, 1.165) is 30.7 Å². The first-order chi connectivity index (χ1) is 8.58. The van der Waals surface area contributed by atoms with Crippen molar-refractivity contribution >= 4 is 17.5 Å². The molecule has 0 atom stereocenters. The number of aromatic carboxylic acids is 1. The van der Waals surface area contributed by atoms with E-state index in [-0.39, 0.29) is 17.1 Å². The molecule has 0 saturated carbocycles. The maximum Gasteiger partial charge on any atom is 0.341 e. The van der Waals surface area contributed by atoms with Crippen LogP contribution >= 0.6 is 0 Å². The topological polar surface area (TPSA) is 75.1 Å². The van der Waals surface area contributed by atoms with E-state index in [4.69, 9.17) is 5.11 Å². The molecule has 1 aromatic carbocycles. The van der Waals surface area contributed by atoms with Gasteiger partial charge in [-0.05, 0) is 12.1 Å². The van der Waals surface area contributed by atoms with Gasteiger partial charge in [-0.1, -0.05) is 0 Å². The number of rotatable bonds is 3. The van der Waals surface area contributed by atoms with Gasteiger partial charge in [-0.25, -0.2) is 23.5 Å². The Hall–Kier alpha value is -2.57. The summed E-state index contributed by atoms with van der Waals surface area (Å²) >= 11 is 0. The molecule has 7 heteroatoms. The van der Waals surface area contributed by atoms with Gasteiger partial charge < -0.3 is 10.4 Å². The molecule has 1 heterocycles. The Morgan fingerprint density at radius 2 is 2.11 bits per heavy atom. The van der Waals surface area contributed by atoms with Crippen LogP contribution in [0.1, 0.15) is 10.4 Å². The van der Waals surface area contributed by atoms with Gasteiger partial charge in [0.2, 0.25) is 0 Å². The average Bonchev–Trinajstić information content (AvgIpc) is 2.34. The highest BCUT2D eigenvalue weighted by Gasteiger charge is 2.13. The number of anilines is 2. The van der Waals surface area contributed by atoms with Gasteiger partial charge in [0.25, 0.3) is 0 Å². The van der Waals surface area contributed by atoms with Gasteiger partial charge in [-0.3, -0.25) is 0 Å². The first-order valence-corrected chi connectivity index (χ1v) is 4.83. The van der Waals surface area contributed by atoms with E-state index < -0.39 is 17.6 Å². The number of benzene rings is 1. The van der Waals surface area contributed by atoms with Crippen molar-refractivity contribution in [2.24, 2.45) is 0 Å². The van der Waals surface area contributed by atoms with Crippen LogP contribution in [0.3, 0.4) is 0 Å². The smallest absolute Gasteiger partial charge is 0.341 e. The van der Waals surface area contributed by atoms with Gasteiger partial charge in [-0.15, -0.1) is 0 Å². The molecule has 5 nitrogen and oxygen atoms in total. The normalized spacial score (nSPS) is 10.1. The summed E-state index contributed by atoms with van der Waals surface area (Å²) in [6.45, 7) is 0. The lowest BCUT2D eigenvalue weighted by atomic mass is 10.2. The SMILES string of the molecule is O=C(O)c1cncnc1Nc1cc(F)ccc1F. The van der Waals surface area contributed by atoms with Gasteiger partial charge in [-0.2, -0.15) is 0 Å². The van der Waals surface area contributed by atoms with E-state index in [9.17, 15) is 13.6 Å². The lowest BCUT2D eigenvalue weighted by Gasteiger charge is -2.08. The van der Waals surface area contributed by atoms with Gasteiger partial charge >= 0.3 is 5.97 Å². The van der Waals surface area contributed by atoms with Crippen molar-refractivity contribution in [1.29, 1.82) is 0 Å². The van der Waals surface area contributed by atoms with Crippen LogP contribution in [0.5, 0.6) is 0 Å². The zero-order valence-corrected chi connectivity index (χ0v) is 8.89. The molecular weight excluding hydrogens is 244 g/mol. The largest absolute Gasteiger partial charge is 0.477 e. The molecule has 0 radical (unpaired) electrons. The Morgan fingerprint density at radius 3 is 2.83 bits per heavy atom. The van der Waals surface area contributed by atoms with E-state index in [1.165, 1.54) is 0 Å². The minimum absolute atomic E-state index is 0.109. The second kappa shape index (κ2) is 4.74. The fourth-order valence-electron chi connectivity index (χ4n) is 1.31. The molecule has 0 amide bonds. The van der Waals surface area contributed by atoms with Crippen molar-refractivity contribution in [3.8, 4) is 0 Å². The third-order valence-electron chi connectivity index (χ3n) is 2.12. The minimum Gasteiger partial charge on any atom is -0.477 e. The molecule has 0 aliphatic carbocycles. The lowest BCUT2D eigenvalue weighted by molar-refractivity contribution is 0.0697. The maximum atomic E-state index is 13.4. The molecule has 0 spiro atoms. The molecule has 0 aliphatic heterocycles. The lowest BCUT2D eigenvalue weighted by Crippen LogP contribution is -2.06. The second-order valence-electron chi connectivity index (χ2n) is 3.34. The van der Waals surface area contributed by atoms with Gasteiger partial charge in [0.05, 0.1) is 5.69 Å². The summed E-state index contributed by atoms with van der Waals surface area (Å²) in [5, 5.41) is 11.3. The van der Waals surface area contributed by atoms with E-state index in [2.05, 4.69) is 15.3 Å². The quantitative estimate of drug-likeness (QED) is 0.874. The zero-order chi connectivity index (χ0) is 13.1. The molecule has 0 fully saturated rings. The second-order valence-corrected chi connectivity index (χ2v) is 3.34. The molecule has 0 unspecified atom stereocenters. The van der Waals surface area contributed by atoms with Crippen molar-refractivity contribution in [2.45, 2.75) is 0 Å². The number of nitrogens with one attached hydrogen (secondary N) is 1. The van der Waals surface area contributed by atoms with Crippen LogP contribution in [-0.2, 0) is 0 Å². The van der Waals surface area contributed by atoms with E-state index in [0.29, 0.717) is 0 Å². The number of carboxylic acids is 1. The highest BCUT2D eigenvalue weighted by atomic mass is 19.1. The van der Waals surface area contributed by atoms with Crippen LogP contribution in [0.4, 0.5) is 20.3 Å². The Balaban J connectivity index is 2.40. The van der Waals surface area contributed by atoms with Crippen molar-refractivity contribution in [3.05, 3.63) is 47.9 Å². The molecule has 92 valence electrons. The fourth-order valence-corrected chi connectivity index (χ4v) is 1.31. The fraction of sp³-hybridized carbons (Fsp3) is 0. The number of aromatic nitrogens is 2. The van der Waals surface area contributed by atoms with Crippen LogP contribution in [-0.4, -0.2) is 21.0 Å². The molecule has 0 bridgehead atoms. The van der Waals surface area contributed by atoms with Crippen LogP contribution in [0.25, 0.3) is 0 Å². The Labute approximate surface area is 100 Å². The van der Waals surface area contributed by atoms with Crippen LogP contribution in [0.2, 0.25) is 0 Å². The van der Waals surface area contributed by atoms with Crippen molar-refractivity contribution in [3.63, 3.8) is 0 Å². The van der Waals surface area contributed by atoms with Gasteiger partial charge in [0.15, 0.2) is 0 Å². The Morgan fingerprint density at radius 1 is 1.33 bits per heavy atom. The van der Waals surface area contributed by atoms with Gasteiger partial charge in [0.1, 0.15) is 29.3 Å². The van der Waals surface area contributed by atoms with Crippen LogP contribution in [0, 0.1) is 11.6 Å². The highest BCUT2D eigenvalue weighted by molar-refractivity contribution is 5.93. The zero-order valence-electron chi connectivity index (χ0n) is 8.89. The van der Waals surface area contributed by atoms with Crippen molar-refractivity contribution in [1.82, 2.24) is 9.97 Å². The molecule has 0 saturated heterocycles. The minimum atomic E-state index is -1.27. The molecule has 2 N–H and O–H groups in total. The number of halogens is 2. The third-order valence-corrected chi connectivity index (χ3v) is 2.12. The number of carboxylic acid groups (broad SMARTS) is 1. The summed E-state index contributed by atoms with van der Waals surface area (Å²) in [7, 11) is 0. The summed E-state index contributed by atoms with van der Waals surface area (Å²) in [5.41, 5.74) is -0.433. The summed E-state index contributed by atoms with van der Waals surface area (Å²) < 4.78 is 26.3. The predicted octanol–water partition coefficient (Wildman–Crippen LogP) is 2.20.